The maximum atomic E-state index is 13.1. The quantitative estimate of drug-likeness (QED) is 0.423. The molecule has 0 atom stereocenters. The average molecular weight is 464 g/mol. The highest BCUT2D eigenvalue weighted by Crippen LogP contribution is 2.18. The molecule has 3 aromatic carbocycles. The zero-order valence-electron chi connectivity index (χ0n) is 17.9. The largest absolute Gasteiger partial charge is 0.497 e. The lowest BCUT2D eigenvalue weighted by molar-refractivity contribution is 0.102. The molecule has 168 valence electrons. The lowest BCUT2D eigenvalue weighted by Crippen LogP contribution is -2.27. The molecular weight excluding hydrogens is 442 g/mol. The van der Waals surface area contributed by atoms with Gasteiger partial charge in [0.25, 0.3) is 15.9 Å². The lowest BCUT2D eigenvalue weighted by Gasteiger charge is -2.09. The van der Waals surface area contributed by atoms with Gasteiger partial charge in [0.1, 0.15) is 16.9 Å². The fourth-order valence-electron chi connectivity index (χ4n) is 3.09. The molecule has 0 unspecified atom stereocenters. The van der Waals surface area contributed by atoms with Crippen LogP contribution in [0.25, 0.3) is 11.0 Å². The third-order valence-corrected chi connectivity index (χ3v) is 6.05. The van der Waals surface area contributed by atoms with Gasteiger partial charge in [-0.1, -0.05) is 42.0 Å². The number of hydrogen-bond donors (Lipinski definition) is 2. The summed E-state index contributed by atoms with van der Waals surface area (Å²) >= 11 is 0. The van der Waals surface area contributed by atoms with E-state index in [4.69, 9.17) is 9.15 Å². The lowest BCUT2D eigenvalue weighted by atomic mass is 10.1. The minimum absolute atomic E-state index is 0.0417. The topological polar surface area (TPSA) is 110 Å². The number of amides is 1. The van der Waals surface area contributed by atoms with Crippen molar-refractivity contribution in [2.75, 3.05) is 12.4 Å². The van der Waals surface area contributed by atoms with Gasteiger partial charge in [-0.25, -0.2) is 0 Å². The minimum Gasteiger partial charge on any atom is -0.497 e. The maximum absolute atomic E-state index is 13.1. The number of hydrogen-bond acceptors (Lipinski definition) is 6. The number of carbonyl (C=O) groups excluding carboxylic acids is 1. The monoisotopic (exact) mass is 463 g/mol. The van der Waals surface area contributed by atoms with Crippen LogP contribution in [0.4, 0.5) is 5.69 Å². The van der Waals surface area contributed by atoms with Crippen molar-refractivity contribution in [1.82, 2.24) is 4.83 Å². The maximum Gasteiger partial charge on any atom is 0.276 e. The summed E-state index contributed by atoms with van der Waals surface area (Å²) in [6, 6.07) is 21.8. The van der Waals surface area contributed by atoms with Crippen molar-refractivity contribution in [2.45, 2.75) is 11.8 Å². The third-order valence-electron chi connectivity index (χ3n) is 4.83. The van der Waals surface area contributed by atoms with Crippen molar-refractivity contribution in [3.05, 3.63) is 95.5 Å². The normalized spacial score (nSPS) is 11.9. The zero-order chi connectivity index (χ0) is 23.4. The van der Waals surface area contributed by atoms with Crippen molar-refractivity contribution in [3.8, 4) is 5.75 Å². The summed E-state index contributed by atoms with van der Waals surface area (Å²) in [4.78, 5) is 15.3. The molecule has 0 bridgehead atoms. The van der Waals surface area contributed by atoms with Gasteiger partial charge >= 0.3 is 0 Å². The summed E-state index contributed by atoms with van der Waals surface area (Å²) in [5.41, 5.74) is 1.75. The number of aryl methyl sites for hydroxylation is 1. The molecule has 1 aromatic heterocycles. The summed E-state index contributed by atoms with van der Waals surface area (Å²) in [6.45, 7) is 1.86. The Labute approximate surface area is 190 Å². The summed E-state index contributed by atoms with van der Waals surface area (Å²) in [7, 11) is -2.44. The predicted molar refractivity (Wildman–Crippen MR) is 124 cm³/mol. The molecule has 0 fully saturated rings. The number of sulfonamides is 1. The Hall–Kier alpha value is -4.11. The molecule has 33 heavy (non-hydrogen) atoms. The van der Waals surface area contributed by atoms with Crippen LogP contribution in [-0.4, -0.2) is 21.4 Å². The smallest absolute Gasteiger partial charge is 0.276 e. The Morgan fingerprint density at radius 1 is 0.970 bits per heavy atom. The number of benzene rings is 3. The Balaban J connectivity index is 1.74. The molecule has 0 aliphatic rings. The number of anilines is 1. The first-order valence-corrected chi connectivity index (χ1v) is 11.4. The molecule has 2 N–H and O–H groups in total. The third kappa shape index (κ3) is 5.04. The number of fused-ring (bicyclic) bond motifs is 1. The van der Waals surface area contributed by atoms with Crippen molar-refractivity contribution in [1.29, 1.82) is 0 Å². The van der Waals surface area contributed by atoms with Gasteiger partial charge in [0, 0.05) is 17.1 Å². The fraction of sp³-hybridized carbons (Fsp3) is 0.0833. The van der Waals surface area contributed by atoms with Crippen molar-refractivity contribution < 1.29 is 22.4 Å². The summed E-state index contributed by atoms with van der Waals surface area (Å²) < 4.78 is 36.3. The van der Waals surface area contributed by atoms with Crippen LogP contribution in [0.1, 0.15) is 15.9 Å². The second kappa shape index (κ2) is 9.17. The van der Waals surface area contributed by atoms with E-state index in [9.17, 15) is 13.2 Å². The van der Waals surface area contributed by atoms with Crippen LogP contribution in [0.5, 0.6) is 5.75 Å². The zero-order valence-corrected chi connectivity index (χ0v) is 18.7. The molecule has 0 spiro atoms. The van der Waals surface area contributed by atoms with Crippen LogP contribution < -0.4 is 20.4 Å². The highest BCUT2D eigenvalue weighted by Gasteiger charge is 2.16. The van der Waals surface area contributed by atoms with Crippen molar-refractivity contribution in [2.24, 2.45) is 5.10 Å². The van der Waals surface area contributed by atoms with Crippen LogP contribution in [-0.2, 0) is 10.0 Å². The van der Waals surface area contributed by atoms with Crippen molar-refractivity contribution >= 4 is 32.6 Å². The number of nitrogens with one attached hydrogen (secondary N) is 2. The first-order valence-electron chi connectivity index (χ1n) is 9.96. The van der Waals surface area contributed by atoms with E-state index in [0.29, 0.717) is 22.4 Å². The van der Waals surface area contributed by atoms with E-state index in [1.807, 2.05) is 6.92 Å². The summed E-state index contributed by atoms with van der Waals surface area (Å²) in [6.07, 6.45) is 0. The van der Waals surface area contributed by atoms with Gasteiger partial charge in [-0.15, -0.1) is 5.10 Å². The predicted octanol–water partition coefficient (Wildman–Crippen LogP) is 3.80. The van der Waals surface area contributed by atoms with Crippen LogP contribution in [0.15, 0.2) is 93.3 Å². The molecule has 0 saturated carbocycles. The Kier molecular flexibility index (Phi) is 6.14. The molecule has 0 aliphatic carbocycles. The Morgan fingerprint density at radius 2 is 1.73 bits per heavy atom. The molecule has 1 heterocycles. The van der Waals surface area contributed by atoms with Gasteiger partial charge in [-0.05, 0) is 43.3 Å². The van der Waals surface area contributed by atoms with Crippen LogP contribution in [0, 0.1) is 6.92 Å². The standard InChI is InChI=1S/C24H21N3O5S/c1-16-10-12-20(13-11-16)33(29,30)27-26-24-21(14-17-6-3-4-9-22(17)32-24)23(28)25-18-7-5-8-19(15-18)31-2/h3-15,27H,1-2H3,(H,25,28). The number of rotatable bonds is 6. The highest BCUT2D eigenvalue weighted by atomic mass is 32.2. The molecule has 0 saturated heterocycles. The number of carbonyl (C=O) groups is 1. The average Bonchev–Trinajstić information content (AvgIpc) is 2.82. The number of nitrogens with zero attached hydrogens (tertiary/aromatic N) is 1. The molecule has 0 aliphatic heterocycles. The van der Waals surface area contributed by atoms with E-state index in [1.54, 1.807) is 66.7 Å². The highest BCUT2D eigenvalue weighted by molar-refractivity contribution is 7.89. The SMILES string of the molecule is COc1cccc(NC(=O)c2cc3ccccc3oc2=NNS(=O)(=O)c2ccc(C)cc2)c1. The number of para-hydroxylation sites is 1. The van der Waals surface area contributed by atoms with Gasteiger partial charge in [-0.3, -0.25) is 4.79 Å². The first-order chi connectivity index (χ1) is 15.9. The van der Waals surface area contributed by atoms with E-state index < -0.39 is 15.9 Å². The van der Waals surface area contributed by atoms with Crippen LogP contribution in [0.3, 0.4) is 0 Å². The second-order valence-electron chi connectivity index (χ2n) is 7.21. The van der Waals surface area contributed by atoms with E-state index in [-0.39, 0.29) is 16.0 Å². The molecule has 0 radical (unpaired) electrons. The first kappa shape index (κ1) is 22.1. The van der Waals surface area contributed by atoms with E-state index in [0.717, 1.165) is 5.56 Å². The molecule has 9 heteroatoms. The Bertz CT molecular complexity index is 1490. The van der Waals surface area contributed by atoms with Gasteiger partial charge in [0.2, 0.25) is 5.55 Å². The minimum atomic E-state index is -3.96. The van der Waals surface area contributed by atoms with Gasteiger partial charge in [0.05, 0.1) is 12.0 Å². The van der Waals surface area contributed by atoms with Gasteiger partial charge in [-0.2, -0.15) is 13.2 Å². The second-order valence-corrected chi connectivity index (χ2v) is 8.87. The van der Waals surface area contributed by atoms with E-state index >= 15 is 0 Å². The number of ether oxygens (including phenoxy) is 1. The fourth-order valence-corrected chi connectivity index (χ4v) is 3.89. The van der Waals surface area contributed by atoms with E-state index in [1.165, 1.54) is 19.2 Å². The van der Waals surface area contributed by atoms with E-state index in [2.05, 4.69) is 15.2 Å². The summed E-state index contributed by atoms with van der Waals surface area (Å²) in [5, 5.41) is 7.35. The Morgan fingerprint density at radius 3 is 2.48 bits per heavy atom. The molecular formula is C24H21N3O5S. The molecule has 4 rings (SSSR count). The number of methoxy groups -OCH3 is 1. The molecule has 1 amide bonds. The van der Waals surface area contributed by atoms with Crippen molar-refractivity contribution in [3.63, 3.8) is 0 Å². The summed E-state index contributed by atoms with van der Waals surface area (Å²) in [5.74, 6) is 0.0535. The van der Waals surface area contributed by atoms with Gasteiger partial charge in [0.15, 0.2) is 0 Å². The molecule has 4 aromatic rings. The van der Waals surface area contributed by atoms with Gasteiger partial charge < -0.3 is 14.5 Å². The molecule has 8 nitrogen and oxygen atoms in total. The van der Waals surface area contributed by atoms with Crippen LogP contribution >= 0.6 is 0 Å². The van der Waals surface area contributed by atoms with Crippen LogP contribution in [0.2, 0.25) is 0 Å².